The summed E-state index contributed by atoms with van der Waals surface area (Å²) in [4.78, 5) is 11.5. The number of nitrogens with zero attached hydrogens (tertiary/aromatic N) is 1. The highest BCUT2D eigenvalue weighted by molar-refractivity contribution is 7.14. The van der Waals surface area contributed by atoms with E-state index in [-0.39, 0.29) is 5.56 Å². The van der Waals surface area contributed by atoms with E-state index in [1.807, 2.05) is 25.1 Å². The van der Waals surface area contributed by atoms with E-state index in [0.29, 0.717) is 0 Å². The highest BCUT2D eigenvalue weighted by Gasteiger charge is 2.04. The van der Waals surface area contributed by atoms with E-state index in [1.54, 1.807) is 11.0 Å². The SMILES string of the molecule is Cc1cccc2c(=O)n(C)sc12. The first-order valence-corrected chi connectivity index (χ1v) is 4.53. The average Bonchev–Trinajstić information content (AvgIpc) is 2.32. The van der Waals surface area contributed by atoms with Crippen molar-refractivity contribution in [3.63, 3.8) is 0 Å². The molecule has 0 atom stereocenters. The molecule has 12 heavy (non-hydrogen) atoms. The lowest BCUT2D eigenvalue weighted by molar-refractivity contribution is 0.989. The molecule has 0 aliphatic heterocycles. The Kier molecular flexibility index (Phi) is 1.54. The van der Waals surface area contributed by atoms with Crippen molar-refractivity contribution >= 4 is 21.6 Å². The summed E-state index contributed by atoms with van der Waals surface area (Å²) in [6, 6.07) is 5.82. The minimum Gasteiger partial charge on any atom is -0.268 e. The Morgan fingerprint density at radius 3 is 2.83 bits per heavy atom. The van der Waals surface area contributed by atoms with Gasteiger partial charge in [0.2, 0.25) is 0 Å². The molecule has 0 saturated heterocycles. The molecule has 0 amide bonds. The number of hydrogen-bond donors (Lipinski definition) is 0. The molecule has 1 aromatic heterocycles. The van der Waals surface area contributed by atoms with Gasteiger partial charge in [0, 0.05) is 7.05 Å². The zero-order valence-electron chi connectivity index (χ0n) is 7.00. The van der Waals surface area contributed by atoms with Crippen molar-refractivity contribution in [2.75, 3.05) is 0 Å². The summed E-state index contributed by atoms with van der Waals surface area (Å²) in [6.07, 6.45) is 0. The first-order valence-electron chi connectivity index (χ1n) is 3.76. The predicted molar refractivity (Wildman–Crippen MR) is 51.8 cm³/mol. The zero-order valence-corrected chi connectivity index (χ0v) is 7.81. The maximum atomic E-state index is 11.5. The number of benzene rings is 1. The van der Waals surface area contributed by atoms with Crippen LogP contribution >= 0.6 is 11.5 Å². The van der Waals surface area contributed by atoms with Gasteiger partial charge in [-0.2, -0.15) is 0 Å². The Morgan fingerprint density at radius 2 is 2.17 bits per heavy atom. The van der Waals surface area contributed by atoms with Crippen molar-refractivity contribution in [3.8, 4) is 0 Å². The van der Waals surface area contributed by atoms with E-state index in [0.717, 1.165) is 10.1 Å². The van der Waals surface area contributed by atoms with Crippen LogP contribution in [-0.4, -0.2) is 3.96 Å². The molecule has 0 N–H and O–H groups in total. The van der Waals surface area contributed by atoms with E-state index in [1.165, 1.54) is 17.1 Å². The first-order chi connectivity index (χ1) is 5.70. The molecule has 0 fully saturated rings. The largest absolute Gasteiger partial charge is 0.268 e. The van der Waals surface area contributed by atoms with Crippen LogP contribution < -0.4 is 5.56 Å². The number of rotatable bonds is 0. The molecule has 2 aromatic rings. The molecule has 0 aliphatic rings. The van der Waals surface area contributed by atoms with E-state index in [4.69, 9.17) is 0 Å². The van der Waals surface area contributed by atoms with Gasteiger partial charge >= 0.3 is 0 Å². The van der Waals surface area contributed by atoms with Gasteiger partial charge in [-0.3, -0.25) is 8.75 Å². The van der Waals surface area contributed by atoms with E-state index in [9.17, 15) is 4.79 Å². The van der Waals surface area contributed by atoms with Gasteiger partial charge in [-0.05, 0) is 18.6 Å². The molecule has 2 rings (SSSR count). The smallest absolute Gasteiger partial charge is 0.268 e. The van der Waals surface area contributed by atoms with E-state index >= 15 is 0 Å². The lowest BCUT2D eigenvalue weighted by atomic mass is 10.2. The Morgan fingerprint density at radius 1 is 1.42 bits per heavy atom. The third kappa shape index (κ3) is 0.898. The molecular formula is C9H9NOS. The van der Waals surface area contributed by atoms with Crippen molar-refractivity contribution in [1.82, 2.24) is 3.96 Å². The normalized spacial score (nSPS) is 10.8. The van der Waals surface area contributed by atoms with Gasteiger partial charge in [0.15, 0.2) is 0 Å². The van der Waals surface area contributed by atoms with Crippen molar-refractivity contribution in [1.29, 1.82) is 0 Å². The van der Waals surface area contributed by atoms with Crippen molar-refractivity contribution in [2.45, 2.75) is 6.92 Å². The predicted octanol–water partition coefficient (Wildman–Crippen LogP) is 1.91. The average molecular weight is 179 g/mol. The van der Waals surface area contributed by atoms with Gasteiger partial charge in [-0.1, -0.05) is 23.7 Å². The fourth-order valence-electron chi connectivity index (χ4n) is 1.29. The molecule has 0 aliphatic carbocycles. The number of hydrogen-bond acceptors (Lipinski definition) is 2. The lowest BCUT2D eigenvalue weighted by Gasteiger charge is -1.89. The monoisotopic (exact) mass is 179 g/mol. The Balaban J connectivity index is 3.05. The number of fused-ring (bicyclic) bond motifs is 1. The van der Waals surface area contributed by atoms with E-state index in [2.05, 4.69) is 0 Å². The third-order valence-corrected chi connectivity index (χ3v) is 3.12. The number of aromatic nitrogens is 1. The van der Waals surface area contributed by atoms with Crippen LogP contribution in [0.15, 0.2) is 23.0 Å². The standard InChI is InChI=1S/C9H9NOS/c1-6-4-3-5-7-8(6)12-10(2)9(7)11/h3-5H,1-2H3. The Bertz CT molecular complexity index is 481. The molecule has 0 bridgehead atoms. The summed E-state index contributed by atoms with van der Waals surface area (Å²) in [5.74, 6) is 0. The summed E-state index contributed by atoms with van der Waals surface area (Å²) >= 11 is 1.51. The van der Waals surface area contributed by atoms with Crippen LogP contribution in [0.1, 0.15) is 5.56 Å². The summed E-state index contributed by atoms with van der Waals surface area (Å²) in [5, 5.41) is 0.836. The van der Waals surface area contributed by atoms with Gasteiger partial charge in [0.25, 0.3) is 5.56 Å². The molecule has 1 heterocycles. The molecular weight excluding hydrogens is 170 g/mol. The fourth-order valence-corrected chi connectivity index (χ4v) is 2.21. The lowest BCUT2D eigenvalue weighted by Crippen LogP contribution is -2.07. The molecule has 3 heteroatoms. The summed E-state index contributed by atoms with van der Waals surface area (Å²) < 4.78 is 2.77. The second-order valence-corrected chi connectivity index (χ2v) is 3.98. The zero-order chi connectivity index (χ0) is 8.72. The fraction of sp³-hybridized carbons (Fsp3) is 0.222. The van der Waals surface area contributed by atoms with Crippen LogP contribution in [0, 0.1) is 6.92 Å². The summed E-state index contributed by atoms with van der Waals surface area (Å²) in [5.41, 5.74) is 1.29. The van der Waals surface area contributed by atoms with Gasteiger partial charge in [0.1, 0.15) is 0 Å². The van der Waals surface area contributed by atoms with Crippen LogP contribution in [0.5, 0.6) is 0 Å². The van der Waals surface area contributed by atoms with Crippen LogP contribution in [0.3, 0.4) is 0 Å². The molecule has 0 spiro atoms. The molecule has 62 valence electrons. The minimum absolute atomic E-state index is 0.110. The van der Waals surface area contributed by atoms with Crippen LogP contribution in [0.2, 0.25) is 0 Å². The maximum Gasteiger partial charge on any atom is 0.268 e. The molecule has 2 nitrogen and oxygen atoms in total. The van der Waals surface area contributed by atoms with Gasteiger partial charge in [0.05, 0.1) is 10.1 Å². The Labute approximate surface area is 74.2 Å². The topological polar surface area (TPSA) is 22.0 Å². The second kappa shape index (κ2) is 2.45. The molecule has 1 aromatic carbocycles. The summed E-state index contributed by atoms with van der Waals surface area (Å²) in [6.45, 7) is 2.03. The van der Waals surface area contributed by atoms with Crippen LogP contribution in [0.4, 0.5) is 0 Å². The second-order valence-electron chi connectivity index (χ2n) is 2.85. The van der Waals surface area contributed by atoms with Crippen molar-refractivity contribution < 1.29 is 0 Å². The third-order valence-electron chi connectivity index (χ3n) is 1.96. The van der Waals surface area contributed by atoms with Crippen LogP contribution in [0.25, 0.3) is 10.1 Å². The molecule has 0 saturated carbocycles. The number of aryl methyl sites for hydroxylation is 2. The molecule has 0 unspecified atom stereocenters. The maximum absolute atomic E-state index is 11.5. The summed E-state index contributed by atoms with van der Waals surface area (Å²) in [7, 11) is 1.80. The molecule has 0 radical (unpaired) electrons. The highest BCUT2D eigenvalue weighted by atomic mass is 32.1. The van der Waals surface area contributed by atoms with Gasteiger partial charge in [-0.25, -0.2) is 0 Å². The Hall–Kier alpha value is -1.09. The van der Waals surface area contributed by atoms with Crippen molar-refractivity contribution in [2.24, 2.45) is 7.05 Å². The van der Waals surface area contributed by atoms with E-state index < -0.39 is 0 Å². The van der Waals surface area contributed by atoms with Gasteiger partial charge < -0.3 is 0 Å². The van der Waals surface area contributed by atoms with Crippen molar-refractivity contribution in [3.05, 3.63) is 34.1 Å². The highest BCUT2D eigenvalue weighted by Crippen LogP contribution is 2.19. The minimum atomic E-state index is 0.110. The van der Waals surface area contributed by atoms with Crippen LogP contribution in [-0.2, 0) is 7.05 Å². The van der Waals surface area contributed by atoms with Gasteiger partial charge in [-0.15, -0.1) is 0 Å². The first kappa shape index (κ1) is 7.55. The quantitative estimate of drug-likeness (QED) is 0.605.